The van der Waals surface area contributed by atoms with E-state index in [1.54, 1.807) is 0 Å². The van der Waals surface area contributed by atoms with E-state index in [4.69, 9.17) is 0 Å². The zero-order chi connectivity index (χ0) is 16.8. The van der Waals surface area contributed by atoms with Crippen LogP contribution in [0.5, 0.6) is 0 Å². The Balaban J connectivity index is 1.84. The van der Waals surface area contributed by atoms with E-state index in [2.05, 4.69) is 6.08 Å². The summed E-state index contributed by atoms with van der Waals surface area (Å²) in [6, 6.07) is 9.46. The summed E-state index contributed by atoms with van der Waals surface area (Å²) >= 11 is 0. The Morgan fingerprint density at radius 1 is 0.917 bits per heavy atom. The molecule has 0 aliphatic heterocycles. The second-order valence-electron chi connectivity index (χ2n) is 7.56. The quantitative estimate of drug-likeness (QED) is 0.587. The Kier molecular flexibility index (Phi) is 6.25. The van der Waals surface area contributed by atoms with Gasteiger partial charge in [0.15, 0.2) is 5.78 Å². The van der Waals surface area contributed by atoms with Gasteiger partial charge in [-0.15, -0.1) is 0 Å². The highest BCUT2D eigenvalue weighted by molar-refractivity contribution is 6.09. The van der Waals surface area contributed by atoms with Crippen LogP contribution in [0, 0.1) is 11.8 Å². The van der Waals surface area contributed by atoms with Crippen molar-refractivity contribution in [3.8, 4) is 0 Å². The highest BCUT2D eigenvalue weighted by Crippen LogP contribution is 2.33. The molecule has 0 aromatic heterocycles. The largest absolute Gasteiger partial charge is 0.388 e. The van der Waals surface area contributed by atoms with Gasteiger partial charge in [0, 0.05) is 11.1 Å². The van der Waals surface area contributed by atoms with Gasteiger partial charge in [-0.3, -0.25) is 4.79 Å². The van der Waals surface area contributed by atoms with E-state index in [9.17, 15) is 9.90 Å². The molecule has 3 rings (SSSR count). The highest BCUT2D eigenvalue weighted by Gasteiger charge is 2.29. The summed E-state index contributed by atoms with van der Waals surface area (Å²) in [5.41, 5.74) is 1.37. The molecule has 0 heterocycles. The van der Waals surface area contributed by atoms with Crippen LogP contribution in [0.2, 0.25) is 0 Å². The molecule has 2 heteroatoms. The number of aliphatic hydroxyl groups excluding tert-OH is 1. The molecule has 1 aromatic carbocycles. The Morgan fingerprint density at radius 3 is 2.12 bits per heavy atom. The normalized spacial score (nSPS) is 22.3. The summed E-state index contributed by atoms with van der Waals surface area (Å²) in [6.07, 6.45) is 13.3. The maximum absolute atomic E-state index is 13.1. The molecule has 0 bridgehead atoms. The molecule has 0 saturated heterocycles. The van der Waals surface area contributed by atoms with Crippen LogP contribution in [0.4, 0.5) is 0 Å². The first-order valence-electron chi connectivity index (χ1n) is 9.75. The number of benzene rings is 1. The SMILES string of the molecule is O=C(/C(=C\C1CCCCC1)C(O)C1CCCCC1)c1ccccc1. The predicted molar refractivity (Wildman–Crippen MR) is 98.0 cm³/mol. The first-order chi connectivity index (χ1) is 11.8. The number of allylic oxidation sites excluding steroid dienone is 1. The number of hydrogen-bond donors (Lipinski definition) is 1. The van der Waals surface area contributed by atoms with Crippen LogP contribution in [0.25, 0.3) is 0 Å². The summed E-state index contributed by atoms with van der Waals surface area (Å²) < 4.78 is 0. The average molecular weight is 326 g/mol. The van der Waals surface area contributed by atoms with Crippen LogP contribution < -0.4 is 0 Å². The van der Waals surface area contributed by atoms with E-state index in [0.29, 0.717) is 17.1 Å². The molecule has 1 N–H and O–H groups in total. The van der Waals surface area contributed by atoms with E-state index in [-0.39, 0.29) is 11.7 Å². The van der Waals surface area contributed by atoms with Crippen molar-refractivity contribution in [1.29, 1.82) is 0 Å². The van der Waals surface area contributed by atoms with Gasteiger partial charge < -0.3 is 5.11 Å². The minimum Gasteiger partial charge on any atom is -0.388 e. The standard InChI is InChI=1S/C22H30O2/c23-21(18-12-6-2-7-13-18)20(16-17-10-4-1-5-11-17)22(24)19-14-8-3-9-15-19/h2,6-7,12-13,16-17,19,22,24H,1,3-5,8-11,14-15H2/b20-16+. The van der Waals surface area contributed by atoms with Crippen molar-refractivity contribution >= 4 is 5.78 Å². The molecule has 2 saturated carbocycles. The van der Waals surface area contributed by atoms with Crippen LogP contribution in [0.15, 0.2) is 42.0 Å². The molecule has 0 radical (unpaired) electrons. The average Bonchev–Trinajstić information content (AvgIpc) is 2.67. The molecule has 2 nitrogen and oxygen atoms in total. The van der Waals surface area contributed by atoms with Gasteiger partial charge in [0.05, 0.1) is 6.10 Å². The summed E-state index contributed by atoms with van der Waals surface area (Å²) in [7, 11) is 0. The highest BCUT2D eigenvalue weighted by atomic mass is 16.3. The van der Waals surface area contributed by atoms with Crippen molar-refractivity contribution in [2.24, 2.45) is 11.8 Å². The third-order valence-electron chi connectivity index (χ3n) is 5.78. The third-order valence-corrected chi connectivity index (χ3v) is 5.78. The van der Waals surface area contributed by atoms with Gasteiger partial charge in [-0.1, -0.05) is 74.9 Å². The predicted octanol–water partition coefficient (Wildman–Crippen LogP) is 5.32. The fourth-order valence-corrected chi connectivity index (χ4v) is 4.32. The molecule has 2 aliphatic carbocycles. The number of rotatable bonds is 5. The van der Waals surface area contributed by atoms with Gasteiger partial charge >= 0.3 is 0 Å². The fourth-order valence-electron chi connectivity index (χ4n) is 4.32. The van der Waals surface area contributed by atoms with Crippen LogP contribution in [0.3, 0.4) is 0 Å². The van der Waals surface area contributed by atoms with Gasteiger partial charge in [-0.25, -0.2) is 0 Å². The van der Waals surface area contributed by atoms with Crippen molar-refractivity contribution < 1.29 is 9.90 Å². The lowest BCUT2D eigenvalue weighted by atomic mass is 9.78. The van der Waals surface area contributed by atoms with Crippen molar-refractivity contribution in [2.45, 2.75) is 70.3 Å². The number of carbonyl (C=O) groups is 1. The summed E-state index contributed by atoms with van der Waals surface area (Å²) in [6.45, 7) is 0. The van der Waals surface area contributed by atoms with Crippen LogP contribution in [-0.4, -0.2) is 17.0 Å². The minimum atomic E-state index is -0.597. The number of hydrogen-bond acceptors (Lipinski definition) is 2. The van der Waals surface area contributed by atoms with Gasteiger partial charge in [-0.2, -0.15) is 0 Å². The van der Waals surface area contributed by atoms with Crippen LogP contribution in [0.1, 0.15) is 74.6 Å². The van der Waals surface area contributed by atoms with Crippen molar-refractivity contribution in [3.05, 3.63) is 47.5 Å². The first kappa shape index (κ1) is 17.4. The fraction of sp³-hybridized carbons (Fsp3) is 0.591. The number of aliphatic hydroxyl groups is 1. The molecule has 1 unspecified atom stereocenters. The lowest BCUT2D eigenvalue weighted by Crippen LogP contribution is -2.29. The first-order valence-corrected chi connectivity index (χ1v) is 9.75. The summed E-state index contributed by atoms with van der Waals surface area (Å²) in [4.78, 5) is 13.1. The monoisotopic (exact) mass is 326 g/mol. The molecule has 2 fully saturated rings. The Morgan fingerprint density at radius 2 is 1.50 bits per heavy atom. The van der Waals surface area contributed by atoms with E-state index in [1.807, 2.05) is 30.3 Å². The van der Waals surface area contributed by atoms with Gasteiger partial charge in [0.25, 0.3) is 0 Å². The summed E-state index contributed by atoms with van der Waals surface area (Å²) in [5, 5.41) is 11.0. The van der Waals surface area contributed by atoms with Gasteiger partial charge in [-0.05, 0) is 37.5 Å². The number of ketones is 1. The number of Topliss-reactive ketones (excluding diaryl/α,β-unsaturated/α-hetero) is 1. The molecular weight excluding hydrogens is 296 g/mol. The van der Waals surface area contributed by atoms with Crippen molar-refractivity contribution in [2.75, 3.05) is 0 Å². The Hall–Kier alpha value is -1.41. The molecule has 2 aliphatic rings. The molecule has 1 aromatic rings. The van der Waals surface area contributed by atoms with Crippen LogP contribution >= 0.6 is 0 Å². The zero-order valence-corrected chi connectivity index (χ0v) is 14.6. The molecule has 130 valence electrons. The Bertz CT molecular complexity index is 549. The third kappa shape index (κ3) is 4.36. The van der Waals surface area contributed by atoms with E-state index in [1.165, 1.54) is 38.5 Å². The number of carbonyl (C=O) groups excluding carboxylic acids is 1. The zero-order valence-electron chi connectivity index (χ0n) is 14.6. The van der Waals surface area contributed by atoms with E-state index in [0.717, 1.165) is 25.7 Å². The Labute approximate surface area is 146 Å². The maximum Gasteiger partial charge on any atom is 0.191 e. The molecule has 1 atom stereocenters. The lowest BCUT2D eigenvalue weighted by molar-refractivity contribution is 0.0871. The smallest absolute Gasteiger partial charge is 0.191 e. The second kappa shape index (κ2) is 8.62. The molecular formula is C22H30O2. The van der Waals surface area contributed by atoms with Gasteiger partial charge in [0.1, 0.15) is 0 Å². The van der Waals surface area contributed by atoms with Gasteiger partial charge in [0.2, 0.25) is 0 Å². The minimum absolute atomic E-state index is 0.0271. The second-order valence-corrected chi connectivity index (χ2v) is 7.56. The molecule has 0 amide bonds. The molecule has 0 spiro atoms. The van der Waals surface area contributed by atoms with Crippen molar-refractivity contribution in [3.63, 3.8) is 0 Å². The van der Waals surface area contributed by atoms with Crippen LogP contribution in [-0.2, 0) is 0 Å². The maximum atomic E-state index is 13.1. The van der Waals surface area contributed by atoms with E-state index < -0.39 is 6.10 Å². The molecule has 24 heavy (non-hydrogen) atoms. The summed E-state index contributed by atoms with van der Waals surface area (Å²) in [5.74, 6) is 0.736. The van der Waals surface area contributed by atoms with Crippen molar-refractivity contribution in [1.82, 2.24) is 0 Å². The van der Waals surface area contributed by atoms with E-state index >= 15 is 0 Å². The lowest BCUT2D eigenvalue weighted by Gasteiger charge is -2.29. The topological polar surface area (TPSA) is 37.3 Å².